The van der Waals surface area contributed by atoms with E-state index < -0.39 is 0 Å². The summed E-state index contributed by atoms with van der Waals surface area (Å²) in [4.78, 5) is 17.0. The van der Waals surface area contributed by atoms with Crippen molar-refractivity contribution in [3.63, 3.8) is 0 Å². The van der Waals surface area contributed by atoms with Crippen molar-refractivity contribution in [3.05, 3.63) is 35.8 Å². The van der Waals surface area contributed by atoms with Crippen LogP contribution in [0.25, 0.3) is 5.65 Å². The molecule has 0 aliphatic carbocycles. The Bertz CT molecular complexity index is 729. The first kappa shape index (κ1) is 16.0. The van der Waals surface area contributed by atoms with E-state index in [0.717, 1.165) is 24.1 Å². The monoisotopic (exact) mass is 314 g/mol. The molecule has 2 N–H and O–H groups in total. The Hall–Kier alpha value is -1.88. The fourth-order valence-corrected chi connectivity index (χ4v) is 3.88. The second-order valence-corrected chi connectivity index (χ2v) is 8.07. The van der Waals surface area contributed by atoms with E-state index in [2.05, 4.69) is 43.3 Å². The van der Waals surface area contributed by atoms with Gasteiger partial charge in [-0.1, -0.05) is 0 Å². The molecular weight excluding hydrogens is 288 g/mol. The number of nitrogens with one attached hydrogen (secondary N) is 2. The summed E-state index contributed by atoms with van der Waals surface area (Å²) >= 11 is 0. The molecule has 23 heavy (non-hydrogen) atoms. The first-order valence-electron chi connectivity index (χ1n) is 8.19. The van der Waals surface area contributed by atoms with Crippen molar-refractivity contribution in [1.29, 1.82) is 0 Å². The second-order valence-electron chi connectivity index (χ2n) is 8.07. The van der Waals surface area contributed by atoms with Crippen LogP contribution < -0.4 is 10.6 Å². The highest BCUT2D eigenvalue weighted by Crippen LogP contribution is 2.28. The minimum atomic E-state index is -0.0927. The molecule has 0 aromatic carbocycles. The van der Waals surface area contributed by atoms with E-state index in [9.17, 15) is 4.79 Å². The van der Waals surface area contributed by atoms with E-state index in [0.29, 0.717) is 5.69 Å². The van der Waals surface area contributed by atoms with Gasteiger partial charge in [0, 0.05) is 29.5 Å². The SMILES string of the molecule is Cc1ccn2cc(C(=O)NC3CC(C)(C)NC(C)(C)C3)nc2c1. The lowest BCUT2D eigenvalue weighted by Crippen LogP contribution is -2.62. The number of piperidine rings is 1. The molecule has 0 spiro atoms. The number of amides is 1. The second kappa shape index (κ2) is 5.34. The van der Waals surface area contributed by atoms with Gasteiger partial charge in [0.25, 0.3) is 5.91 Å². The van der Waals surface area contributed by atoms with Crippen LogP contribution in [0, 0.1) is 6.92 Å². The van der Waals surface area contributed by atoms with E-state index in [-0.39, 0.29) is 23.0 Å². The molecular formula is C18H26N4O. The summed E-state index contributed by atoms with van der Waals surface area (Å²) in [6.45, 7) is 10.7. The standard InChI is InChI=1S/C18H26N4O/c1-12-6-7-22-11-14(20-15(22)8-12)16(23)19-13-9-17(2,3)21-18(4,5)10-13/h6-8,11,13,21H,9-10H2,1-5H3,(H,19,23). The van der Waals surface area contributed by atoms with Gasteiger partial charge in [-0.3, -0.25) is 4.79 Å². The Labute approximate surface area is 137 Å². The largest absolute Gasteiger partial charge is 0.348 e. The van der Waals surface area contributed by atoms with Gasteiger partial charge in [0.2, 0.25) is 0 Å². The van der Waals surface area contributed by atoms with Crippen LogP contribution in [-0.2, 0) is 0 Å². The fourth-order valence-electron chi connectivity index (χ4n) is 3.88. The number of nitrogens with zero attached hydrogens (tertiary/aromatic N) is 2. The number of hydrogen-bond acceptors (Lipinski definition) is 3. The zero-order valence-electron chi connectivity index (χ0n) is 14.6. The number of imidazole rings is 1. The summed E-state index contributed by atoms with van der Waals surface area (Å²) < 4.78 is 1.89. The Balaban J connectivity index is 1.77. The maximum atomic E-state index is 12.6. The molecule has 1 amide bonds. The normalized spacial score (nSPS) is 20.6. The number of aryl methyl sites for hydroxylation is 1. The molecule has 0 atom stereocenters. The first-order valence-corrected chi connectivity index (χ1v) is 8.19. The summed E-state index contributed by atoms with van der Waals surface area (Å²) in [5.74, 6) is -0.0927. The van der Waals surface area contributed by atoms with Gasteiger partial charge < -0.3 is 15.0 Å². The van der Waals surface area contributed by atoms with E-state index in [1.807, 2.05) is 29.7 Å². The summed E-state index contributed by atoms with van der Waals surface area (Å²) in [5.41, 5.74) is 2.44. The summed E-state index contributed by atoms with van der Waals surface area (Å²) in [6, 6.07) is 4.14. The Morgan fingerprint density at radius 3 is 2.61 bits per heavy atom. The van der Waals surface area contributed by atoms with Crippen molar-refractivity contribution in [2.24, 2.45) is 0 Å². The van der Waals surface area contributed by atoms with Gasteiger partial charge in [-0.05, 0) is 65.2 Å². The van der Waals surface area contributed by atoms with Gasteiger partial charge in [0.05, 0.1) is 0 Å². The molecule has 124 valence electrons. The molecule has 0 radical (unpaired) electrons. The van der Waals surface area contributed by atoms with Gasteiger partial charge >= 0.3 is 0 Å². The van der Waals surface area contributed by atoms with Crippen LogP contribution in [0.1, 0.15) is 56.6 Å². The lowest BCUT2D eigenvalue weighted by atomic mass is 9.79. The molecule has 0 unspecified atom stereocenters. The Kier molecular flexibility index (Phi) is 3.71. The van der Waals surface area contributed by atoms with E-state index in [1.165, 1.54) is 0 Å². The zero-order valence-corrected chi connectivity index (χ0v) is 14.6. The number of rotatable bonds is 2. The number of fused-ring (bicyclic) bond motifs is 1. The number of carbonyl (C=O) groups excluding carboxylic acids is 1. The fraction of sp³-hybridized carbons (Fsp3) is 0.556. The van der Waals surface area contributed by atoms with E-state index in [4.69, 9.17) is 0 Å². The smallest absolute Gasteiger partial charge is 0.271 e. The maximum Gasteiger partial charge on any atom is 0.271 e. The number of aromatic nitrogens is 2. The minimum absolute atomic E-state index is 0.00964. The molecule has 1 aliphatic heterocycles. The molecule has 3 rings (SSSR count). The summed E-state index contributed by atoms with van der Waals surface area (Å²) in [7, 11) is 0. The highest BCUT2D eigenvalue weighted by molar-refractivity contribution is 5.93. The van der Waals surface area contributed by atoms with Crippen LogP contribution in [0.2, 0.25) is 0 Å². The molecule has 5 nitrogen and oxygen atoms in total. The third kappa shape index (κ3) is 3.55. The number of carbonyl (C=O) groups is 1. The molecule has 1 aliphatic rings. The molecule has 0 saturated carbocycles. The quantitative estimate of drug-likeness (QED) is 0.896. The maximum absolute atomic E-state index is 12.6. The van der Waals surface area contributed by atoms with E-state index in [1.54, 1.807) is 6.20 Å². The highest BCUT2D eigenvalue weighted by Gasteiger charge is 2.38. The summed E-state index contributed by atoms with van der Waals surface area (Å²) in [5, 5.41) is 6.80. The molecule has 2 aromatic heterocycles. The van der Waals surface area contributed by atoms with Crippen LogP contribution in [0.15, 0.2) is 24.5 Å². The highest BCUT2D eigenvalue weighted by atomic mass is 16.2. The van der Waals surface area contributed by atoms with Gasteiger partial charge in [-0.15, -0.1) is 0 Å². The van der Waals surface area contributed by atoms with Crippen LogP contribution in [0.4, 0.5) is 0 Å². The molecule has 5 heteroatoms. The molecule has 2 aromatic rings. The van der Waals surface area contributed by atoms with Gasteiger partial charge in [0.15, 0.2) is 0 Å². The number of hydrogen-bond donors (Lipinski definition) is 2. The first-order chi connectivity index (χ1) is 10.6. The van der Waals surface area contributed by atoms with Crippen molar-refractivity contribution in [3.8, 4) is 0 Å². The van der Waals surface area contributed by atoms with Gasteiger partial charge in [-0.25, -0.2) is 4.98 Å². The molecule has 1 saturated heterocycles. The lowest BCUT2D eigenvalue weighted by molar-refractivity contribution is 0.0869. The molecule has 0 bridgehead atoms. The third-order valence-corrected chi connectivity index (χ3v) is 4.37. The van der Waals surface area contributed by atoms with Crippen LogP contribution in [-0.4, -0.2) is 32.4 Å². The predicted octanol–water partition coefficient (Wildman–Crippen LogP) is 2.68. The van der Waals surface area contributed by atoms with Crippen LogP contribution >= 0.6 is 0 Å². The van der Waals surface area contributed by atoms with Crippen LogP contribution in [0.5, 0.6) is 0 Å². The van der Waals surface area contributed by atoms with Crippen molar-refractivity contribution in [2.45, 2.75) is 64.6 Å². The Morgan fingerprint density at radius 2 is 1.96 bits per heavy atom. The van der Waals surface area contributed by atoms with Crippen molar-refractivity contribution < 1.29 is 4.79 Å². The van der Waals surface area contributed by atoms with Gasteiger partial charge in [-0.2, -0.15) is 0 Å². The molecule has 1 fully saturated rings. The predicted molar refractivity (Wildman–Crippen MR) is 91.7 cm³/mol. The van der Waals surface area contributed by atoms with E-state index >= 15 is 0 Å². The van der Waals surface area contributed by atoms with Gasteiger partial charge in [0.1, 0.15) is 11.3 Å². The lowest BCUT2D eigenvalue weighted by Gasteiger charge is -2.46. The molecule has 3 heterocycles. The van der Waals surface area contributed by atoms with Crippen molar-refractivity contribution in [1.82, 2.24) is 20.0 Å². The average Bonchev–Trinajstić information content (AvgIpc) is 2.77. The zero-order chi connectivity index (χ0) is 16.8. The topological polar surface area (TPSA) is 58.4 Å². The average molecular weight is 314 g/mol. The summed E-state index contributed by atoms with van der Waals surface area (Å²) in [6.07, 6.45) is 5.55. The Morgan fingerprint density at radius 1 is 1.30 bits per heavy atom. The van der Waals surface area contributed by atoms with Crippen LogP contribution in [0.3, 0.4) is 0 Å². The van der Waals surface area contributed by atoms with Crippen molar-refractivity contribution >= 4 is 11.6 Å². The minimum Gasteiger partial charge on any atom is -0.348 e. The third-order valence-electron chi connectivity index (χ3n) is 4.37. The number of pyridine rings is 1. The van der Waals surface area contributed by atoms with Crippen molar-refractivity contribution in [2.75, 3.05) is 0 Å².